The van der Waals surface area contributed by atoms with E-state index < -0.39 is 11.4 Å². The number of rotatable bonds is 3. The Kier molecular flexibility index (Phi) is 4.31. The fourth-order valence-electron chi connectivity index (χ4n) is 3.20. The number of para-hydroxylation sites is 1. The number of urea groups is 1. The van der Waals surface area contributed by atoms with Gasteiger partial charge in [0, 0.05) is 24.3 Å². The molecule has 1 saturated heterocycles. The minimum absolute atomic E-state index is 0.220. The van der Waals surface area contributed by atoms with E-state index >= 15 is 0 Å². The van der Waals surface area contributed by atoms with Crippen LogP contribution >= 0.6 is 11.3 Å². The molecule has 0 bridgehead atoms. The predicted molar refractivity (Wildman–Crippen MR) is 106 cm³/mol. The highest BCUT2D eigenvalue weighted by Gasteiger charge is 2.42. The highest BCUT2D eigenvalue weighted by molar-refractivity contribution is 7.21. The number of aromatic nitrogens is 1. The van der Waals surface area contributed by atoms with E-state index in [4.69, 9.17) is 0 Å². The first-order valence-corrected chi connectivity index (χ1v) is 9.52. The van der Waals surface area contributed by atoms with Crippen molar-refractivity contribution in [2.45, 2.75) is 13.3 Å². The Morgan fingerprint density at radius 3 is 2.59 bits per heavy atom. The lowest BCUT2D eigenvalue weighted by Crippen LogP contribution is -2.37. The number of nitrogens with one attached hydrogen (secondary N) is 1. The molecule has 1 aromatic heterocycles. The highest BCUT2D eigenvalue weighted by Crippen LogP contribution is 2.32. The molecule has 1 fully saturated rings. The van der Waals surface area contributed by atoms with Crippen LogP contribution in [0.2, 0.25) is 0 Å². The molecule has 1 aliphatic heterocycles. The second-order valence-electron chi connectivity index (χ2n) is 7.03. The van der Waals surface area contributed by atoms with Crippen molar-refractivity contribution in [2.24, 2.45) is 5.41 Å². The Balaban J connectivity index is 1.45. The third-order valence-electron chi connectivity index (χ3n) is 4.95. The summed E-state index contributed by atoms with van der Waals surface area (Å²) < 4.78 is 1.14. The van der Waals surface area contributed by atoms with Crippen molar-refractivity contribution < 1.29 is 14.7 Å². The molecule has 2 heterocycles. The number of hydrogen-bond acceptors (Lipinski definition) is 4. The summed E-state index contributed by atoms with van der Waals surface area (Å²) in [5.41, 5.74) is 1.78. The van der Waals surface area contributed by atoms with Crippen molar-refractivity contribution in [2.75, 3.05) is 18.4 Å². The quantitative estimate of drug-likeness (QED) is 0.709. The smallest absolute Gasteiger partial charge is 0.321 e. The normalized spacial score (nSPS) is 19.4. The van der Waals surface area contributed by atoms with Crippen LogP contribution in [0.1, 0.15) is 13.3 Å². The monoisotopic (exact) mass is 381 g/mol. The van der Waals surface area contributed by atoms with Crippen molar-refractivity contribution in [3.63, 3.8) is 0 Å². The number of aliphatic carboxylic acids is 1. The van der Waals surface area contributed by atoms with Crippen LogP contribution in [-0.4, -0.2) is 40.1 Å². The first-order valence-electron chi connectivity index (χ1n) is 8.70. The Morgan fingerprint density at radius 1 is 1.19 bits per heavy atom. The summed E-state index contributed by atoms with van der Waals surface area (Å²) in [7, 11) is 0. The Bertz CT molecular complexity index is 982. The minimum Gasteiger partial charge on any atom is -0.481 e. The van der Waals surface area contributed by atoms with E-state index in [9.17, 15) is 14.7 Å². The van der Waals surface area contributed by atoms with Gasteiger partial charge in [0.1, 0.15) is 5.01 Å². The van der Waals surface area contributed by atoms with E-state index in [-0.39, 0.29) is 12.6 Å². The summed E-state index contributed by atoms with van der Waals surface area (Å²) in [4.78, 5) is 29.9. The number of amides is 2. The standard InChI is InChI=1S/C20H19N3O3S/c1-20(18(24)25)10-11-23(12-20)19(26)21-14-8-6-13(7-9-14)17-22-15-4-2-3-5-16(15)27-17/h2-9H,10-12H2,1H3,(H,21,26)(H,24,25). The summed E-state index contributed by atoms with van der Waals surface area (Å²) in [6.45, 7) is 2.34. The number of hydrogen-bond donors (Lipinski definition) is 2. The van der Waals surface area contributed by atoms with Crippen LogP contribution in [0.5, 0.6) is 0 Å². The molecule has 6 nitrogen and oxygen atoms in total. The zero-order chi connectivity index (χ0) is 19.0. The number of anilines is 1. The average molecular weight is 381 g/mol. The third-order valence-corrected chi connectivity index (χ3v) is 6.04. The van der Waals surface area contributed by atoms with Gasteiger partial charge in [-0.05, 0) is 49.7 Å². The lowest BCUT2D eigenvalue weighted by molar-refractivity contribution is -0.146. The van der Waals surface area contributed by atoms with Crippen molar-refractivity contribution >= 4 is 39.2 Å². The molecule has 1 unspecified atom stereocenters. The number of carboxylic acids is 1. The molecular weight excluding hydrogens is 362 g/mol. The summed E-state index contributed by atoms with van der Waals surface area (Å²) in [6.07, 6.45) is 0.465. The molecule has 0 saturated carbocycles. The third kappa shape index (κ3) is 3.38. The largest absolute Gasteiger partial charge is 0.481 e. The number of likely N-dealkylation sites (tertiary alicyclic amines) is 1. The number of carbonyl (C=O) groups is 2. The minimum atomic E-state index is -0.867. The van der Waals surface area contributed by atoms with Crippen LogP contribution in [0.4, 0.5) is 10.5 Å². The highest BCUT2D eigenvalue weighted by atomic mass is 32.1. The van der Waals surface area contributed by atoms with Gasteiger partial charge >= 0.3 is 12.0 Å². The predicted octanol–water partition coefficient (Wildman–Crippen LogP) is 4.29. The van der Waals surface area contributed by atoms with Gasteiger partial charge in [-0.25, -0.2) is 9.78 Å². The topological polar surface area (TPSA) is 82.5 Å². The summed E-state index contributed by atoms with van der Waals surface area (Å²) in [6, 6.07) is 15.3. The number of carbonyl (C=O) groups excluding carboxylic acids is 1. The van der Waals surface area contributed by atoms with Crippen molar-refractivity contribution in [3.8, 4) is 10.6 Å². The number of thiazole rings is 1. The van der Waals surface area contributed by atoms with Crippen molar-refractivity contribution in [1.82, 2.24) is 9.88 Å². The molecule has 1 aliphatic rings. The molecule has 0 spiro atoms. The number of benzene rings is 2. The first kappa shape index (κ1) is 17.5. The number of nitrogens with zero attached hydrogens (tertiary/aromatic N) is 2. The van der Waals surface area contributed by atoms with Gasteiger partial charge < -0.3 is 15.3 Å². The lowest BCUT2D eigenvalue weighted by atomic mass is 9.90. The van der Waals surface area contributed by atoms with Gasteiger partial charge in [-0.1, -0.05) is 12.1 Å². The SMILES string of the molecule is CC1(C(=O)O)CCN(C(=O)Nc2ccc(-c3nc4ccccc4s3)cc2)C1. The maximum Gasteiger partial charge on any atom is 0.321 e. The summed E-state index contributed by atoms with van der Waals surface area (Å²) >= 11 is 1.63. The number of fused-ring (bicyclic) bond motifs is 1. The van der Waals surface area contributed by atoms with Crippen LogP contribution in [0.15, 0.2) is 48.5 Å². The van der Waals surface area contributed by atoms with E-state index in [1.807, 2.05) is 48.5 Å². The second kappa shape index (κ2) is 6.66. The van der Waals surface area contributed by atoms with Crippen LogP contribution in [-0.2, 0) is 4.79 Å². The molecular formula is C20H19N3O3S. The van der Waals surface area contributed by atoms with E-state index in [0.29, 0.717) is 18.7 Å². The van der Waals surface area contributed by atoms with Crippen molar-refractivity contribution in [1.29, 1.82) is 0 Å². The fraction of sp³-hybridized carbons (Fsp3) is 0.250. The molecule has 4 rings (SSSR count). The average Bonchev–Trinajstić information content (AvgIpc) is 3.27. The first-order chi connectivity index (χ1) is 12.9. The van der Waals surface area contributed by atoms with Gasteiger partial charge in [0.25, 0.3) is 0 Å². The Labute approximate surface area is 160 Å². The summed E-state index contributed by atoms with van der Waals surface area (Å²) in [5, 5.41) is 13.1. The maximum absolute atomic E-state index is 12.4. The maximum atomic E-state index is 12.4. The van der Waals surface area contributed by atoms with Crippen LogP contribution < -0.4 is 5.32 Å². The van der Waals surface area contributed by atoms with Gasteiger partial charge in [0.15, 0.2) is 0 Å². The van der Waals surface area contributed by atoms with Gasteiger partial charge in [-0.15, -0.1) is 11.3 Å². The molecule has 1 atom stereocenters. The molecule has 2 amide bonds. The zero-order valence-corrected chi connectivity index (χ0v) is 15.6. The molecule has 138 valence electrons. The van der Waals surface area contributed by atoms with E-state index in [2.05, 4.69) is 10.3 Å². The Morgan fingerprint density at radius 2 is 1.93 bits per heavy atom. The van der Waals surface area contributed by atoms with E-state index in [1.165, 1.54) is 0 Å². The molecule has 0 radical (unpaired) electrons. The van der Waals surface area contributed by atoms with E-state index in [1.54, 1.807) is 23.2 Å². The molecule has 2 N–H and O–H groups in total. The fourth-order valence-corrected chi connectivity index (χ4v) is 4.17. The van der Waals surface area contributed by atoms with Gasteiger partial charge in [-0.2, -0.15) is 0 Å². The summed E-state index contributed by atoms with van der Waals surface area (Å²) in [5.74, 6) is -0.863. The van der Waals surface area contributed by atoms with Crippen LogP contribution in [0.3, 0.4) is 0 Å². The molecule has 2 aromatic carbocycles. The second-order valence-corrected chi connectivity index (χ2v) is 8.06. The Hall–Kier alpha value is -2.93. The van der Waals surface area contributed by atoms with Gasteiger partial charge in [0.05, 0.1) is 15.6 Å². The van der Waals surface area contributed by atoms with Gasteiger partial charge in [-0.3, -0.25) is 4.79 Å². The van der Waals surface area contributed by atoms with Gasteiger partial charge in [0.2, 0.25) is 0 Å². The van der Waals surface area contributed by atoms with E-state index in [0.717, 1.165) is 20.8 Å². The molecule has 3 aromatic rings. The van der Waals surface area contributed by atoms with Crippen molar-refractivity contribution in [3.05, 3.63) is 48.5 Å². The molecule has 0 aliphatic carbocycles. The molecule has 27 heavy (non-hydrogen) atoms. The molecule has 7 heteroatoms. The zero-order valence-electron chi connectivity index (χ0n) is 14.8. The van der Waals surface area contributed by atoms with Crippen LogP contribution in [0, 0.1) is 5.41 Å². The lowest BCUT2D eigenvalue weighted by Gasteiger charge is -2.20. The van der Waals surface area contributed by atoms with Crippen LogP contribution in [0.25, 0.3) is 20.8 Å². The number of carboxylic acid groups (broad SMARTS) is 1.